The Morgan fingerprint density at radius 2 is 2.00 bits per heavy atom. The Morgan fingerprint density at radius 3 is 2.68 bits per heavy atom. The molecule has 0 spiro atoms. The van der Waals surface area contributed by atoms with E-state index in [1.807, 2.05) is 31.3 Å². The topological polar surface area (TPSA) is 78.9 Å². The third-order valence-electron chi connectivity index (χ3n) is 4.18. The van der Waals surface area contributed by atoms with Crippen molar-refractivity contribution in [2.24, 2.45) is 5.92 Å². The number of anilines is 2. The van der Waals surface area contributed by atoms with Gasteiger partial charge in [0.2, 0.25) is 0 Å². The van der Waals surface area contributed by atoms with Gasteiger partial charge in [0.05, 0.1) is 11.4 Å². The molecule has 0 aliphatic heterocycles. The van der Waals surface area contributed by atoms with Gasteiger partial charge in [-0.2, -0.15) is 0 Å². The Morgan fingerprint density at radius 1 is 1.24 bits per heavy atom. The standard InChI is InChI=1S/C20H29N5/c1-5-6-9-25(4)19-12-18(23-13-24-19)20(22)16-11-15(10-14(2)3)7-8-17(16)21/h7-8,11-14,22H,5-6,9-10,21H2,1-4H3. The Labute approximate surface area is 150 Å². The first kappa shape index (κ1) is 18.9. The first-order valence-corrected chi connectivity index (χ1v) is 8.93. The van der Waals surface area contributed by atoms with Crippen LogP contribution in [0, 0.1) is 11.3 Å². The molecule has 0 aliphatic rings. The quantitative estimate of drug-likeness (QED) is 0.564. The van der Waals surface area contributed by atoms with E-state index >= 15 is 0 Å². The van der Waals surface area contributed by atoms with Crippen LogP contribution in [0.3, 0.4) is 0 Å². The molecule has 3 N–H and O–H groups in total. The molecule has 0 bridgehead atoms. The molecule has 0 saturated carbocycles. The second-order valence-corrected chi connectivity index (χ2v) is 6.93. The largest absolute Gasteiger partial charge is 0.398 e. The molecule has 0 radical (unpaired) electrons. The van der Waals surface area contributed by atoms with Gasteiger partial charge in [-0.1, -0.05) is 33.3 Å². The molecule has 0 fully saturated rings. The summed E-state index contributed by atoms with van der Waals surface area (Å²) < 4.78 is 0. The second-order valence-electron chi connectivity index (χ2n) is 6.93. The van der Waals surface area contributed by atoms with Crippen molar-refractivity contribution in [3.63, 3.8) is 0 Å². The van der Waals surface area contributed by atoms with Crippen LogP contribution >= 0.6 is 0 Å². The van der Waals surface area contributed by atoms with E-state index in [4.69, 9.17) is 11.1 Å². The van der Waals surface area contributed by atoms with Crippen LogP contribution in [-0.4, -0.2) is 29.3 Å². The highest BCUT2D eigenvalue weighted by atomic mass is 15.2. The minimum atomic E-state index is 0.343. The minimum Gasteiger partial charge on any atom is -0.398 e. The zero-order chi connectivity index (χ0) is 18.4. The Balaban J connectivity index is 2.28. The number of rotatable bonds is 8. The van der Waals surface area contributed by atoms with Gasteiger partial charge in [-0.3, -0.25) is 5.41 Å². The van der Waals surface area contributed by atoms with E-state index in [0.29, 0.717) is 23.0 Å². The number of benzene rings is 1. The summed E-state index contributed by atoms with van der Waals surface area (Å²) in [5, 5.41) is 8.58. The molecule has 5 nitrogen and oxygen atoms in total. The number of hydrogen-bond acceptors (Lipinski definition) is 5. The van der Waals surface area contributed by atoms with Gasteiger partial charge in [-0.15, -0.1) is 0 Å². The maximum absolute atomic E-state index is 8.58. The fourth-order valence-corrected chi connectivity index (χ4v) is 2.76. The Kier molecular flexibility index (Phi) is 6.51. The number of nitrogens with one attached hydrogen (secondary N) is 1. The summed E-state index contributed by atoms with van der Waals surface area (Å²) in [6.45, 7) is 7.47. The highest BCUT2D eigenvalue weighted by molar-refractivity contribution is 6.13. The van der Waals surface area contributed by atoms with E-state index < -0.39 is 0 Å². The maximum Gasteiger partial charge on any atom is 0.132 e. The maximum atomic E-state index is 8.58. The molecule has 0 unspecified atom stereocenters. The zero-order valence-corrected chi connectivity index (χ0v) is 15.7. The molecule has 2 aromatic rings. The molecule has 1 aromatic carbocycles. The van der Waals surface area contributed by atoms with Crippen LogP contribution in [0.25, 0.3) is 0 Å². The van der Waals surface area contributed by atoms with E-state index in [9.17, 15) is 0 Å². The number of nitrogen functional groups attached to an aromatic ring is 1. The summed E-state index contributed by atoms with van der Waals surface area (Å²) in [6, 6.07) is 7.81. The highest BCUT2D eigenvalue weighted by Crippen LogP contribution is 2.21. The van der Waals surface area contributed by atoms with Gasteiger partial charge in [-0.25, -0.2) is 9.97 Å². The lowest BCUT2D eigenvalue weighted by atomic mass is 9.97. The van der Waals surface area contributed by atoms with Crippen molar-refractivity contribution >= 4 is 17.2 Å². The summed E-state index contributed by atoms with van der Waals surface area (Å²) in [6.07, 6.45) is 4.74. The molecule has 0 aliphatic carbocycles. The minimum absolute atomic E-state index is 0.343. The van der Waals surface area contributed by atoms with Gasteiger partial charge >= 0.3 is 0 Å². The predicted octanol–water partition coefficient (Wildman–Crippen LogP) is 3.91. The number of unbranched alkanes of at least 4 members (excludes halogenated alkanes) is 1. The first-order chi connectivity index (χ1) is 11.9. The number of aromatic nitrogens is 2. The average Bonchev–Trinajstić information content (AvgIpc) is 2.60. The van der Waals surface area contributed by atoms with Crippen LogP contribution in [0.15, 0.2) is 30.6 Å². The van der Waals surface area contributed by atoms with Crippen LogP contribution < -0.4 is 10.6 Å². The van der Waals surface area contributed by atoms with Crippen molar-refractivity contribution in [3.05, 3.63) is 47.4 Å². The Hall–Kier alpha value is -2.43. The lowest BCUT2D eigenvalue weighted by Gasteiger charge is -2.18. The zero-order valence-electron chi connectivity index (χ0n) is 15.7. The van der Waals surface area contributed by atoms with Gasteiger partial charge in [0.15, 0.2) is 0 Å². The molecular weight excluding hydrogens is 310 g/mol. The molecule has 0 saturated heterocycles. The highest BCUT2D eigenvalue weighted by Gasteiger charge is 2.13. The first-order valence-electron chi connectivity index (χ1n) is 8.93. The molecule has 0 atom stereocenters. The van der Waals surface area contributed by atoms with Gasteiger partial charge < -0.3 is 10.6 Å². The molecule has 0 amide bonds. The fourth-order valence-electron chi connectivity index (χ4n) is 2.76. The number of hydrogen-bond donors (Lipinski definition) is 2. The fraction of sp³-hybridized carbons (Fsp3) is 0.450. The van der Waals surface area contributed by atoms with E-state index in [1.54, 1.807) is 0 Å². The SMILES string of the molecule is CCCCN(C)c1cc(C(=N)c2cc(CC(C)C)ccc2N)ncn1. The number of nitrogens with zero attached hydrogens (tertiary/aromatic N) is 3. The van der Waals surface area contributed by atoms with E-state index in [2.05, 4.69) is 35.6 Å². The normalized spacial score (nSPS) is 10.9. The lowest BCUT2D eigenvalue weighted by molar-refractivity contribution is 0.647. The van der Waals surface area contributed by atoms with Crippen molar-refractivity contribution in [3.8, 4) is 0 Å². The number of nitrogens with two attached hydrogens (primary N) is 1. The van der Waals surface area contributed by atoms with Gasteiger partial charge in [0.1, 0.15) is 12.1 Å². The lowest BCUT2D eigenvalue weighted by Crippen LogP contribution is -2.20. The molecule has 25 heavy (non-hydrogen) atoms. The Bertz CT molecular complexity index is 724. The summed E-state index contributed by atoms with van der Waals surface area (Å²) >= 11 is 0. The van der Waals surface area contributed by atoms with Crippen molar-refractivity contribution in [1.29, 1.82) is 5.41 Å². The van der Waals surface area contributed by atoms with Gasteiger partial charge in [0, 0.05) is 30.9 Å². The molecule has 5 heteroatoms. The molecule has 134 valence electrons. The van der Waals surface area contributed by atoms with Gasteiger partial charge in [0.25, 0.3) is 0 Å². The summed E-state index contributed by atoms with van der Waals surface area (Å²) in [5.41, 5.74) is 9.61. The third-order valence-corrected chi connectivity index (χ3v) is 4.18. The monoisotopic (exact) mass is 339 g/mol. The molecule has 2 rings (SSSR count). The van der Waals surface area contributed by atoms with Crippen molar-refractivity contribution in [1.82, 2.24) is 9.97 Å². The van der Waals surface area contributed by atoms with E-state index in [1.165, 1.54) is 11.9 Å². The second kappa shape index (κ2) is 8.60. The van der Waals surface area contributed by atoms with E-state index in [0.717, 1.165) is 37.2 Å². The van der Waals surface area contributed by atoms with E-state index in [-0.39, 0.29) is 0 Å². The van der Waals surface area contributed by atoms with Crippen LogP contribution in [-0.2, 0) is 6.42 Å². The summed E-state index contributed by atoms with van der Waals surface area (Å²) in [4.78, 5) is 10.7. The van der Waals surface area contributed by atoms with Crippen molar-refractivity contribution in [2.75, 3.05) is 24.2 Å². The predicted molar refractivity (Wildman–Crippen MR) is 106 cm³/mol. The summed E-state index contributed by atoms with van der Waals surface area (Å²) in [5.74, 6) is 1.39. The average molecular weight is 339 g/mol. The molecule has 1 heterocycles. The smallest absolute Gasteiger partial charge is 0.132 e. The van der Waals surface area contributed by atoms with Crippen LogP contribution in [0.1, 0.15) is 50.4 Å². The van der Waals surface area contributed by atoms with Crippen LogP contribution in [0.2, 0.25) is 0 Å². The van der Waals surface area contributed by atoms with Gasteiger partial charge in [-0.05, 0) is 36.5 Å². The van der Waals surface area contributed by atoms with Crippen LogP contribution in [0.4, 0.5) is 11.5 Å². The summed E-state index contributed by atoms with van der Waals surface area (Å²) in [7, 11) is 2.02. The third kappa shape index (κ3) is 5.02. The molecular formula is C20H29N5. The van der Waals surface area contributed by atoms with Crippen molar-refractivity contribution < 1.29 is 0 Å². The van der Waals surface area contributed by atoms with Crippen LogP contribution in [0.5, 0.6) is 0 Å². The molecule has 1 aromatic heterocycles. The van der Waals surface area contributed by atoms with Crippen molar-refractivity contribution in [2.45, 2.75) is 40.0 Å².